The van der Waals surface area contributed by atoms with Gasteiger partial charge in [-0.05, 0) is 0 Å². The summed E-state index contributed by atoms with van der Waals surface area (Å²) in [6.07, 6.45) is -20.4. The summed E-state index contributed by atoms with van der Waals surface area (Å²) in [4.78, 5) is 0. The van der Waals surface area contributed by atoms with E-state index in [2.05, 4.69) is 9.05 Å². The first-order valence-corrected chi connectivity index (χ1v) is 16.0. The molecule has 0 spiro atoms. The molecule has 0 N–H and O–H groups in total. The maximum absolute atomic E-state index is 11.4. The monoisotopic (exact) mass is 1110 g/mol. The van der Waals surface area contributed by atoms with Crippen molar-refractivity contribution in [3.8, 4) is 0 Å². The fourth-order valence-electron chi connectivity index (χ4n) is 0.567. The Morgan fingerprint density at radius 2 is 0.647 bits per heavy atom. The SMILES string of the molecule is CC([O][Sb](=[O])[O-])C(F)(F)F.CC([O][Sb](=[O])[O-])C(F)(F)F.CC([O][Sb](=[O])[O-])C(F)(F)F.Cl.Cl.Cl.[Bi+3]. The van der Waals surface area contributed by atoms with E-state index >= 15 is 0 Å². The van der Waals surface area contributed by atoms with Gasteiger partial charge >= 0.3 is 215 Å². The largest absolute Gasteiger partial charge is 3.00 e. The number of halogens is 12. The molecule has 34 heavy (non-hydrogen) atoms. The van der Waals surface area contributed by atoms with Gasteiger partial charge in [0.1, 0.15) is 0 Å². The summed E-state index contributed by atoms with van der Waals surface area (Å²) >= 11 is -13.3. The van der Waals surface area contributed by atoms with Crippen LogP contribution in [0.15, 0.2) is 0 Å². The van der Waals surface area contributed by atoms with Crippen LogP contribution in [0, 0.1) is 0 Å². The smallest absolute Gasteiger partial charge is 0.147 e. The predicted octanol–water partition coefficient (Wildman–Crippen LogP) is 0.0731. The Bertz CT molecular complexity index is 497. The van der Waals surface area contributed by atoms with Gasteiger partial charge < -0.3 is 0 Å². The summed E-state index contributed by atoms with van der Waals surface area (Å²) in [7, 11) is 0. The minimum atomic E-state index is -4.59. The molecule has 0 amide bonds. The number of hydrogen-bond donors (Lipinski definition) is 0. The molecule has 0 aliphatic heterocycles. The fourth-order valence-corrected chi connectivity index (χ4v) is 3.80. The number of alkyl halides is 9. The molecule has 209 valence electrons. The van der Waals surface area contributed by atoms with Crippen LogP contribution in [0.4, 0.5) is 39.5 Å². The van der Waals surface area contributed by atoms with Gasteiger partial charge in [0, 0.05) is 0 Å². The van der Waals surface area contributed by atoms with Crippen molar-refractivity contribution in [2.45, 2.75) is 57.6 Å². The third-order valence-corrected chi connectivity index (χ3v) is 6.30. The van der Waals surface area contributed by atoms with Gasteiger partial charge in [-0.25, -0.2) is 0 Å². The zero-order valence-corrected chi connectivity index (χ0v) is 29.9. The molecule has 3 unspecified atom stereocenters. The average Bonchev–Trinajstić information content (AvgIpc) is 2.43. The van der Waals surface area contributed by atoms with Crippen molar-refractivity contribution in [2.75, 3.05) is 0 Å². The molecule has 0 aromatic heterocycles. The molecule has 25 heteroatoms. The van der Waals surface area contributed by atoms with Crippen LogP contribution in [0.2, 0.25) is 0 Å². The molecule has 5 radical (unpaired) electrons. The van der Waals surface area contributed by atoms with Crippen LogP contribution < -0.4 is 10.2 Å². The molecule has 0 aromatic carbocycles. The molecule has 0 fully saturated rings. The second-order valence-corrected chi connectivity index (χ2v) is 10.2. The zero-order chi connectivity index (χ0) is 25.1. The van der Waals surface area contributed by atoms with Gasteiger partial charge in [-0.2, -0.15) is 0 Å². The fraction of sp³-hybridized carbons (Fsp3) is 1.00. The van der Waals surface area contributed by atoms with E-state index in [9.17, 15) is 58.7 Å². The molecular weight excluding hydrogens is 1100 g/mol. The van der Waals surface area contributed by atoms with Gasteiger partial charge in [0.25, 0.3) is 0 Å². The number of rotatable bonds is 6. The van der Waals surface area contributed by atoms with Gasteiger partial charge in [0.15, 0.2) is 0 Å². The molecule has 0 rings (SSSR count). The molecule has 0 saturated carbocycles. The van der Waals surface area contributed by atoms with Gasteiger partial charge in [-0.15, -0.1) is 37.2 Å². The van der Waals surface area contributed by atoms with Crippen molar-refractivity contribution in [2.24, 2.45) is 0 Å². The van der Waals surface area contributed by atoms with Crippen LogP contribution in [-0.4, -0.2) is 126 Å². The molecular formula is C9H15BiCl3F9O9Sb3. The Hall–Kier alpha value is 2.74. The topological polar surface area (TPSA) is 148 Å². The zero-order valence-electron chi connectivity index (χ0n) is 16.3. The average molecular weight is 1120 g/mol. The standard InChI is InChI=1S/3C3H4F3O.Bi.3ClH.6O.3Sb/c3*1-2(7)3(4,5)6;;;;;;;;;;;;;/h3*2H,1H3;;3*1H;;;;;;;;;/q3*-1;+3;;;;;;;3*-1;3*+1. The van der Waals surface area contributed by atoms with Crippen LogP contribution in [-0.2, 0) is 18.1 Å². The molecule has 0 aliphatic rings. The first kappa shape index (κ1) is 53.1. The Labute approximate surface area is 249 Å². The van der Waals surface area contributed by atoms with Gasteiger partial charge in [0.2, 0.25) is 0 Å². The Kier molecular flexibility index (Phi) is 38.6. The predicted molar refractivity (Wildman–Crippen MR) is 96.6 cm³/mol. The van der Waals surface area contributed by atoms with Crippen molar-refractivity contribution in [3.63, 3.8) is 0 Å². The first-order chi connectivity index (χ1) is 13.0. The van der Waals surface area contributed by atoms with E-state index in [1.54, 1.807) is 0 Å². The molecule has 0 heterocycles. The summed E-state index contributed by atoms with van der Waals surface area (Å²) in [5, 5.41) is 0. The van der Waals surface area contributed by atoms with Crippen LogP contribution in [0.3, 0.4) is 0 Å². The summed E-state index contributed by atoms with van der Waals surface area (Å²) in [5.74, 6) is 0. The van der Waals surface area contributed by atoms with E-state index in [1.807, 2.05) is 0 Å². The van der Waals surface area contributed by atoms with Gasteiger partial charge in [-0.1, -0.05) is 0 Å². The summed E-state index contributed by atoms with van der Waals surface area (Å²) in [6, 6.07) is 0. The molecule has 0 aliphatic carbocycles. The van der Waals surface area contributed by atoms with Crippen LogP contribution in [0.25, 0.3) is 0 Å². The van der Waals surface area contributed by atoms with E-state index in [0.717, 1.165) is 0 Å². The quantitative estimate of drug-likeness (QED) is 0.267. The molecule has 3 atom stereocenters. The maximum Gasteiger partial charge on any atom is 3.00 e. The van der Waals surface area contributed by atoms with Crippen LogP contribution >= 0.6 is 37.2 Å². The second-order valence-electron chi connectivity index (χ2n) is 4.54. The summed E-state index contributed by atoms with van der Waals surface area (Å²) in [6.45, 7) is 1.94. The van der Waals surface area contributed by atoms with Gasteiger partial charge in [0.05, 0.1) is 0 Å². The van der Waals surface area contributed by atoms with E-state index in [0.29, 0.717) is 20.8 Å². The van der Waals surface area contributed by atoms with Crippen molar-refractivity contribution in [3.05, 3.63) is 0 Å². The van der Waals surface area contributed by atoms with E-state index in [4.69, 9.17) is 0 Å². The summed E-state index contributed by atoms with van der Waals surface area (Å²) < 4.78 is 172. The van der Waals surface area contributed by atoms with E-state index in [1.165, 1.54) is 0 Å². The second kappa shape index (κ2) is 24.8. The van der Waals surface area contributed by atoms with Crippen molar-refractivity contribution in [1.29, 1.82) is 0 Å². The third kappa shape index (κ3) is 36.9. The van der Waals surface area contributed by atoms with Crippen molar-refractivity contribution in [1.82, 2.24) is 0 Å². The molecule has 0 bridgehead atoms. The Morgan fingerprint density at radius 1 is 0.529 bits per heavy atom. The minimum absolute atomic E-state index is 0. The summed E-state index contributed by atoms with van der Waals surface area (Å²) in [5.41, 5.74) is 0. The normalized spacial score (nSPS) is 13.1. The van der Waals surface area contributed by atoms with Crippen molar-refractivity contribution < 1.29 is 67.8 Å². The Morgan fingerprint density at radius 3 is 0.676 bits per heavy atom. The molecule has 9 nitrogen and oxygen atoms in total. The number of hydrogen-bond acceptors (Lipinski definition) is 9. The van der Waals surface area contributed by atoms with Crippen molar-refractivity contribution >= 4 is 127 Å². The van der Waals surface area contributed by atoms with E-state index < -0.39 is 100.0 Å². The van der Waals surface area contributed by atoms with Crippen LogP contribution in [0.1, 0.15) is 20.8 Å². The van der Waals surface area contributed by atoms with Gasteiger partial charge in [-0.3, -0.25) is 0 Å². The Balaban J connectivity index is -0.0000000607. The maximum atomic E-state index is 11.4. The first-order valence-electron chi connectivity index (χ1n) is 6.65. The van der Waals surface area contributed by atoms with E-state index in [-0.39, 0.29) is 63.4 Å². The van der Waals surface area contributed by atoms with Crippen LogP contribution in [0.5, 0.6) is 0 Å². The molecule has 0 saturated heterocycles. The minimum Gasteiger partial charge on any atom is -0.147 e. The third-order valence-electron chi connectivity index (χ3n) is 2.12. The molecule has 0 aromatic rings.